The van der Waals surface area contributed by atoms with Gasteiger partial charge >= 0.3 is 6.18 Å². The highest BCUT2D eigenvalue weighted by Gasteiger charge is 2.33. The largest absolute Gasteiger partial charge is 0.416 e. The van der Waals surface area contributed by atoms with Gasteiger partial charge in [-0.05, 0) is 58.6 Å². The van der Waals surface area contributed by atoms with Crippen molar-refractivity contribution in [3.05, 3.63) is 81.8 Å². The molecular weight excluding hydrogens is 357 g/mol. The lowest BCUT2D eigenvalue weighted by molar-refractivity contribution is -0.137. The number of thiophene rings is 1. The summed E-state index contributed by atoms with van der Waals surface area (Å²) in [5.41, 5.74) is 2.36. The highest BCUT2D eigenvalue weighted by Crippen LogP contribution is 2.36. The molecule has 0 spiro atoms. The number of nitrogens with zero attached hydrogens (tertiary/aromatic N) is 2. The van der Waals surface area contributed by atoms with E-state index in [2.05, 4.69) is 20.9 Å². The van der Waals surface area contributed by atoms with E-state index in [4.69, 9.17) is 0 Å². The van der Waals surface area contributed by atoms with E-state index < -0.39 is 11.7 Å². The molecule has 136 valence electrons. The average molecular weight is 376 g/mol. The molecule has 0 fully saturated rings. The summed E-state index contributed by atoms with van der Waals surface area (Å²) in [6.07, 6.45) is -1.34. The highest BCUT2D eigenvalue weighted by molar-refractivity contribution is 7.07. The molecule has 26 heavy (non-hydrogen) atoms. The van der Waals surface area contributed by atoms with E-state index in [1.807, 2.05) is 29.8 Å². The minimum absolute atomic E-state index is 0.185. The Kier molecular flexibility index (Phi) is 4.63. The lowest BCUT2D eigenvalue weighted by Gasteiger charge is -2.30. The number of hydrogen-bond acceptors (Lipinski definition) is 2. The molecule has 1 atom stereocenters. The molecule has 0 saturated carbocycles. The molecule has 2 nitrogen and oxygen atoms in total. The zero-order chi connectivity index (χ0) is 18.1. The maximum atomic E-state index is 13.2. The van der Waals surface area contributed by atoms with Gasteiger partial charge in [-0.15, -0.1) is 0 Å². The predicted octanol–water partition coefficient (Wildman–Crippen LogP) is 5.56. The summed E-state index contributed by atoms with van der Waals surface area (Å²) < 4.78 is 41.9. The first-order valence-corrected chi connectivity index (χ1v) is 9.54. The molecule has 0 radical (unpaired) electrons. The fraction of sp³-hybridized carbons (Fsp3) is 0.300. The van der Waals surface area contributed by atoms with Gasteiger partial charge in [-0.2, -0.15) is 24.5 Å². The highest BCUT2D eigenvalue weighted by atomic mass is 32.1. The van der Waals surface area contributed by atoms with Crippen LogP contribution in [0.15, 0.2) is 59.4 Å². The van der Waals surface area contributed by atoms with E-state index in [0.29, 0.717) is 5.56 Å². The first-order valence-electron chi connectivity index (χ1n) is 8.60. The molecule has 0 saturated heterocycles. The van der Waals surface area contributed by atoms with Crippen molar-refractivity contribution in [2.75, 3.05) is 6.54 Å². The summed E-state index contributed by atoms with van der Waals surface area (Å²) in [4.78, 5) is 2.29. The van der Waals surface area contributed by atoms with Crippen LogP contribution in [0, 0.1) is 0 Å². The number of aryl methyl sites for hydroxylation is 1. The minimum atomic E-state index is -4.33. The fourth-order valence-electron chi connectivity index (χ4n) is 3.69. The van der Waals surface area contributed by atoms with Crippen LogP contribution >= 0.6 is 11.3 Å². The topological polar surface area (TPSA) is 8.17 Å². The summed E-state index contributed by atoms with van der Waals surface area (Å²) >= 11 is 1.64. The van der Waals surface area contributed by atoms with Gasteiger partial charge < -0.3 is 4.57 Å². The van der Waals surface area contributed by atoms with Crippen molar-refractivity contribution >= 4 is 11.3 Å². The monoisotopic (exact) mass is 376 g/mol. The number of rotatable bonds is 3. The lowest BCUT2D eigenvalue weighted by atomic mass is 9.99. The Morgan fingerprint density at radius 3 is 2.73 bits per heavy atom. The van der Waals surface area contributed by atoms with E-state index in [1.54, 1.807) is 11.3 Å². The average Bonchev–Trinajstić information content (AvgIpc) is 3.24. The minimum Gasteiger partial charge on any atom is -0.350 e. The lowest BCUT2D eigenvalue weighted by Crippen LogP contribution is -2.29. The SMILES string of the molecule is FC(F)(F)c1cccc([C@H]2c3cccn3CCCN2Cc2ccsc2)c1. The summed E-state index contributed by atoms with van der Waals surface area (Å²) in [5.74, 6) is 0. The molecule has 4 rings (SSSR count). The van der Waals surface area contributed by atoms with Crippen molar-refractivity contribution in [3.8, 4) is 0 Å². The first kappa shape index (κ1) is 17.4. The maximum Gasteiger partial charge on any atom is 0.416 e. The molecule has 0 aliphatic carbocycles. The van der Waals surface area contributed by atoms with Gasteiger partial charge in [0.2, 0.25) is 0 Å². The zero-order valence-electron chi connectivity index (χ0n) is 14.1. The van der Waals surface area contributed by atoms with Crippen molar-refractivity contribution in [3.63, 3.8) is 0 Å². The molecule has 6 heteroatoms. The van der Waals surface area contributed by atoms with Gasteiger partial charge in [0.25, 0.3) is 0 Å². The molecule has 0 unspecified atom stereocenters. The summed E-state index contributed by atoms with van der Waals surface area (Å²) in [6.45, 7) is 2.46. The zero-order valence-corrected chi connectivity index (χ0v) is 14.9. The molecule has 3 aromatic rings. The van der Waals surface area contributed by atoms with Crippen LogP contribution in [0.4, 0.5) is 13.2 Å². The van der Waals surface area contributed by atoms with E-state index in [-0.39, 0.29) is 6.04 Å². The van der Waals surface area contributed by atoms with Gasteiger partial charge in [-0.1, -0.05) is 12.1 Å². The van der Waals surface area contributed by atoms with Crippen LogP contribution in [0.1, 0.15) is 34.8 Å². The third-order valence-electron chi connectivity index (χ3n) is 4.85. The van der Waals surface area contributed by atoms with Crippen LogP contribution in [-0.2, 0) is 19.3 Å². The Hall–Kier alpha value is -2.05. The van der Waals surface area contributed by atoms with Crippen molar-refractivity contribution in [2.24, 2.45) is 0 Å². The molecule has 0 bridgehead atoms. The number of halogens is 3. The first-order chi connectivity index (χ1) is 12.5. The van der Waals surface area contributed by atoms with E-state index in [9.17, 15) is 13.2 Å². The quantitative estimate of drug-likeness (QED) is 0.581. The molecule has 0 N–H and O–H groups in total. The molecule has 3 heterocycles. The predicted molar refractivity (Wildman–Crippen MR) is 97.1 cm³/mol. The van der Waals surface area contributed by atoms with Gasteiger partial charge in [0.05, 0.1) is 11.6 Å². The number of alkyl halides is 3. The number of aromatic nitrogens is 1. The second kappa shape index (κ2) is 6.93. The van der Waals surface area contributed by atoms with Crippen LogP contribution < -0.4 is 0 Å². The normalized spacial score (nSPS) is 18.5. The van der Waals surface area contributed by atoms with Crippen LogP contribution in [0.3, 0.4) is 0 Å². The molecule has 0 amide bonds. The maximum absolute atomic E-state index is 13.2. The fourth-order valence-corrected chi connectivity index (χ4v) is 4.35. The third-order valence-corrected chi connectivity index (χ3v) is 5.58. The van der Waals surface area contributed by atoms with Gasteiger partial charge in [0.1, 0.15) is 0 Å². The Balaban J connectivity index is 1.78. The molecular formula is C20H19F3N2S. The van der Waals surface area contributed by atoms with Gasteiger partial charge in [-0.25, -0.2) is 0 Å². The van der Waals surface area contributed by atoms with Crippen LogP contribution in [-0.4, -0.2) is 16.0 Å². The Bertz CT molecular complexity index is 867. The molecule has 1 aliphatic rings. The van der Waals surface area contributed by atoms with E-state index in [0.717, 1.165) is 37.8 Å². The molecule has 1 aliphatic heterocycles. The Morgan fingerprint density at radius 2 is 1.96 bits per heavy atom. The third kappa shape index (κ3) is 3.44. The summed E-state index contributed by atoms with van der Waals surface area (Å²) in [6, 6.07) is 11.7. The Labute approximate surface area is 154 Å². The molecule has 1 aromatic carbocycles. The van der Waals surface area contributed by atoms with Crippen molar-refractivity contribution in [1.29, 1.82) is 0 Å². The Morgan fingerprint density at radius 1 is 1.08 bits per heavy atom. The van der Waals surface area contributed by atoms with Crippen molar-refractivity contribution in [2.45, 2.75) is 31.7 Å². The second-order valence-corrected chi connectivity index (χ2v) is 7.39. The van der Waals surface area contributed by atoms with Crippen molar-refractivity contribution in [1.82, 2.24) is 9.47 Å². The smallest absolute Gasteiger partial charge is 0.350 e. The second-order valence-electron chi connectivity index (χ2n) is 6.61. The van der Waals surface area contributed by atoms with E-state index in [1.165, 1.54) is 17.7 Å². The standard InChI is InChI=1S/C20H19F3N2S/c21-20(22,23)17-5-1-4-16(12-17)19-18-6-2-8-24(18)9-3-10-25(19)13-15-7-11-26-14-15/h1-2,4-8,11-12,14,19H,3,9-10,13H2/t19-/m0/s1. The van der Waals surface area contributed by atoms with E-state index >= 15 is 0 Å². The number of hydrogen-bond donors (Lipinski definition) is 0. The summed E-state index contributed by atoms with van der Waals surface area (Å²) in [5, 5.41) is 4.14. The van der Waals surface area contributed by atoms with Crippen LogP contribution in [0.5, 0.6) is 0 Å². The molecule has 2 aromatic heterocycles. The van der Waals surface area contributed by atoms with Gasteiger partial charge in [-0.3, -0.25) is 4.90 Å². The van der Waals surface area contributed by atoms with Crippen molar-refractivity contribution < 1.29 is 13.2 Å². The summed E-state index contributed by atoms with van der Waals surface area (Å²) in [7, 11) is 0. The van der Waals surface area contributed by atoms with Crippen LogP contribution in [0.2, 0.25) is 0 Å². The van der Waals surface area contributed by atoms with Gasteiger partial charge in [0.15, 0.2) is 0 Å². The number of benzene rings is 1. The number of fused-ring (bicyclic) bond motifs is 1. The van der Waals surface area contributed by atoms with Crippen LogP contribution in [0.25, 0.3) is 0 Å². The van der Waals surface area contributed by atoms with Gasteiger partial charge in [0, 0.05) is 31.5 Å².